The fraction of sp³-hybridized carbons (Fsp3) is 0.415. The molecule has 0 saturated heterocycles. The largest absolute Gasteiger partial charge is 0.457 e. The third-order valence-electron chi connectivity index (χ3n) is 9.21. The minimum absolute atomic E-state index is 0.000467. The number of ether oxygens (including phenoxy) is 2. The zero-order valence-corrected chi connectivity index (χ0v) is 29.7. The SMILES string of the molecule is CC(C)(C)CC(C)(C)c1cc2c(c(-n3c4cc(C(C)(C)C)ccc4c4ccc(C(C)(C)C)cc43)c1)OCOc1ccc(Cl)cc1-2. The third-order valence-corrected chi connectivity index (χ3v) is 9.45. The van der Waals surface area contributed by atoms with Crippen LogP contribution in [0.2, 0.25) is 5.02 Å². The lowest BCUT2D eigenvalue weighted by atomic mass is 9.71. The van der Waals surface area contributed by atoms with Crippen LogP contribution in [-0.4, -0.2) is 11.4 Å². The van der Waals surface area contributed by atoms with Gasteiger partial charge >= 0.3 is 0 Å². The molecule has 0 aliphatic carbocycles. The highest BCUT2D eigenvalue weighted by Crippen LogP contribution is 2.49. The molecule has 1 aliphatic rings. The number of hydrogen-bond donors (Lipinski definition) is 0. The second kappa shape index (κ2) is 10.6. The van der Waals surface area contributed by atoms with Crippen LogP contribution in [0.3, 0.4) is 0 Å². The molecule has 0 fully saturated rings. The summed E-state index contributed by atoms with van der Waals surface area (Å²) >= 11 is 6.63. The molecule has 0 bridgehead atoms. The van der Waals surface area contributed by atoms with Crippen LogP contribution in [0, 0.1) is 5.41 Å². The van der Waals surface area contributed by atoms with Crippen LogP contribution in [0.1, 0.15) is 99.3 Å². The van der Waals surface area contributed by atoms with E-state index in [4.69, 9.17) is 21.1 Å². The van der Waals surface area contributed by atoms with E-state index in [2.05, 4.69) is 129 Å². The molecule has 4 aromatic carbocycles. The topological polar surface area (TPSA) is 23.4 Å². The molecule has 0 spiro atoms. The zero-order chi connectivity index (χ0) is 32.7. The standard InChI is InChI=1S/C41H48ClNO2/c1-38(2,3)23-41(10,11)27-18-32-31-22-28(42)14-17-36(31)44-24-45-37(32)35(21-27)43-33-19-25(39(4,5)6)12-15-29(33)30-16-13-26(20-34(30)43)40(7,8)9/h12-22H,23-24H2,1-11H3. The van der Waals surface area contributed by atoms with Crippen LogP contribution < -0.4 is 9.47 Å². The minimum atomic E-state index is -0.111. The molecule has 6 rings (SSSR count). The Hall–Kier alpha value is -3.43. The smallest absolute Gasteiger partial charge is 0.231 e. The van der Waals surface area contributed by atoms with Crippen molar-refractivity contribution in [2.45, 2.75) is 98.8 Å². The lowest BCUT2D eigenvalue weighted by Crippen LogP contribution is -2.25. The van der Waals surface area contributed by atoms with Crippen molar-refractivity contribution < 1.29 is 9.47 Å². The molecule has 2 heterocycles. The molecule has 1 aliphatic heterocycles. The summed E-state index contributed by atoms with van der Waals surface area (Å²) in [5.41, 5.74) is 9.23. The first kappa shape index (κ1) is 31.5. The van der Waals surface area contributed by atoms with Gasteiger partial charge in [0.1, 0.15) is 5.75 Å². The lowest BCUT2D eigenvalue weighted by molar-refractivity contribution is 0.124. The van der Waals surface area contributed by atoms with E-state index in [1.165, 1.54) is 38.5 Å². The second-order valence-corrected chi connectivity index (χ2v) is 17.3. The molecule has 0 unspecified atom stereocenters. The Balaban J connectivity index is 1.79. The van der Waals surface area contributed by atoms with Gasteiger partial charge in [-0.2, -0.15) is 0 Å². The lowest BCUT2D eigenvalue weighted by Gasteiger charge is -2.34. The van der Waals surface area contributed by atoms with Crippen LogP contribution in [0.4, 0.5) is 0 Å². The maximum atomic E-state index is 6.63. The van der Waals surface area contributed by atoms with E-state index in [1.807, 2.05) is 18.2 Å². The first-order valence-corrected chi connectivity index (χ1v) is 16.5. The summed E-state index contributed by atoms with van der Waals surface area (Å²) in [6.45, 7) is 25.5. The van der Waals surface area contributed by atoms with Crippen LogP contribution in [-0.2, 0) is 16.2 Å². The van der Waals surface area contributed by atoms with Crippen molar-refractivity contribution in [1.82, 2.24) is 4.57 Å². The van der Waals surface area contributed by atoms with Gasteiger partial charge in [-0.1, -0.05) is 112 Å². The molecule has 1 aromatic heterocycles. The first-order valence-electron chi connectivity index (χ1n) is 16.2. The second-order valence-electron chi connectivity index (χ2n) is 16.8. The molecule has 3 nitrogen and oxygen atoms in total. The average Bonchev–Trinajstić information content (AvgIpc) is 3.12. The van der Waals surface area contributed by atoms with Gasteiger partial charge in [-0.05, 0) is 87.2 Å². The van der Waals surface area contributed by atoms with E-state index in [0.717, 1.165) is 34.7 Å². The van der Waals surface area contributed by atoms with E-state index in [0.29, 0.717) is 5.02 Å². The number of benzene rings is 4. The summed E-state index contributed by atoms with van der Waals surface area (Å²) in [4.78, 5) is 0. The van der Waals surface area contributed by atoms with E-state index in [-0.39, 0.29) is 28.5 Å². The van der Waals surface area contributed by atoms with Crippen LogP contribution >= 0.6 is 11.6 Å². The highest BCUT2D eigenvalue weighted by Gasteiger charge is 2.32. The van der Waals surface area contributed by atoms with E-state index in [9.17, 15) is 0 Å². The number of fused-ring (bicyclic) bond motifs is 6. The zero-order valence-electron chi connectivity index (χ0n) is 28.9. The number of nitrogens with zero attached hydrogens (tertiary/aromatic N) is 1. The van der Waals surface area contributed by atoms with Gasteiger partial charge in [0, 0.05) is 26.9 Å². The number of halogens is 1. The van der Waals surface area contributed by atoms with Gasteiger partial charge < -0.3 is 14.0 Å². The predicted molar refractivity (Wildman–Crippen MR) is 192 cm³/mol. The Bertz CT molecular complexity index is 1870. The van der Waals surface area contributed by atoms with Crippen molar-refractivity contribution in [3.63, 3.8) is 0 Å². The van der Waals surface area contributed by atoms with E-state index >= 15 is 0 Å². The molecule has 0 N–H and O–H groups in total. The van der Waals surface area contributed by atoms with Gasteiger partial charge in [0.2, 0.25) is 6.79 Å². The summed E-state index contributed by atoms with van der Waals surface area (Å²) in [5, 5.41) is 3.15. The van der Waals surface area contributed by atoms with Crippen molar-refractivity contribution in [2.75, 3.05) is 6.79 Å². The fourth-order valence-corrected chi connectivity index (χ4v) is 7.32. The van der Waals surface area contributed by atoms with Crippen LogP contribution in [0.5, 0.6) is 11.5 Å². The number of aromatic nitrogens is 1. The Labute approximate surface area is 274 Å². The van der Waals surface area contributed by atoms with Gasteiger partial charge in [0.15, 0.2) is 5.75 Å². The van der Waals surface area contributed by atoms with Crippen molar-refractivity contribution in [2.24, 2.45) is 5.41 Å². The summed E-state index contributed by atoms with van der Waals surface area (Å²) in [6, 6.07) is 24.5. The molecule has 236 valence electrons. The third kappa shape index (κ3) is 5.85. The maximum absolute atomic E-state index is 6.63. The summed E-state index contributed by atoms with van der Waals surface area (Å²) in [6.07, 6.45) is 1.02. The van der Waals surface area contributed by atoms with E-state index in [1.54, 1.807) is 0 Å². The molecular formula is C41H48ClNO2. The molecule has 5 aromatic rings. The van der Waals surface area contributed by atoms with Gasteiger partial charge in [0.25, 0.3) is 0 Å². The van der Waals surface area contributed by atoms with Crippen molar-refractivity contribution in [1.29, 1.82) is 0 Å². The van der Waals surface area contributed by atoms with Gasteiger partial charge in [0.05, 0.1) is 16.7 Å². The molecule has 0 saturated carbocycles. The number of hydrogen-bond acceptors (Lipinski definition) is 2. The Morgan fingerprint density at radius 1 is 0.622 bits per heavy atom. The van der Waals surface area contributed by atoms with Gasteiger partial charge in [-0.3, -0.25) is 0 Å². The van der Waals surface area contributed by atoms with Crippen molar-refractivity contribution in [3.8, 4) is 28.3 Å². The highest BCUT2D eigenvalue weighted by atomic mass is 35.5. The Kier molecular flexibility index (Phi) is 7.40. The van der Waals surface area contributed by atoms with Crippen LogP contribution in [0.15, 0.2) is 66.7 Å². The normalized spacial score (nSPS) is 14.1. The van der Waals surface area contributed by atoms with Gasteiger partial charge in [-0.25, -0.2) is 0 Å². The van der Waals surface area contributed by atoms with Crippen molar-refractivity contribution in [3.05, 3.63) is 88.4 Å². The molecule has 0 atom stereocenters. The predicted octanol–water partition coefficient (Wildman–Crippen LogP) is 12.1. The Morgan fingerprint density at radius 3 is 1.73 bits per heavy atom. The highest BCUT2D eigenvalue weighted by molar-refractivity contribution is 6.31. The average molecular weight is 622 g/mol. The quantitative estimate of drug-likeness (QED) is 0.200. The molecule has 0 amide bonds. The summed E-state index contributed by atoms with van der Waals surface area (Å²) < 4.78 is 15.2. The van der Waals surface area contributed by atoms with Crippen molar-refractivity contribution >= 4 is 33.4 Å². The molecule has 45 heavy (non-hydrogen) atoms. The molecule has 4 heteroatoms. The monoisotopic (exact) mass is 621 g/mol. The molecule has 0 radical (unpaired) electrons. The van der Waals surface area contributed by atoms with Crippen LogP contribution in [0.25, 0.3) is 38.6 Å². The summed E-state index contributed by atoms with van der Waals surface area (Å²) in [7, 11) is 0. The minimum Gasteiger partial charge on any atom is -0.457 e. The fourth-order valence-electron chi connectivity index (χ4n) is 7.15. The Morgan fingerprint density at radius 2 is 1.20 bits per heavy atom. The van der Waals surface area contributed by atoms with E-state index < -0.39 is 0 Å². The first-order chi connectivity index (χ1) is 20.8. The maximum Gasteiger partial charge on any atom is 0.231 e. The number of rotatable bonds is 3. The van der Waals surface area contributed by atoms with Gasteiger partial charge in [-0.15, -0.1) is 0 Å². The summed E-state index contributed by atoms with van der Waals surface area (Å²) in [5.74, 6) is 1.59. The molecular weight excluding hydrogens is 574 g/mol.